The number of rotatable bonds is 1. The highest BCUT2D eigenvalue weighted by Crippen LogP contribution is 2.23. The second-order valence-corrected chi connectivity index (χ2v) is 3.76. The van der Waals surface area contributed by atoms with Crippen LogP contribution in [0.3, 0.4) is 0 Å². The van der Waals surface area contributed by atoms with Crippen LogP contribution in [0, 0.1) is 3.57 Å². The molecular formula is C8H9IN2O. The summed E-state index contributed by atoms with van der Waals surface area (Å²) in [6.07, 6.45) is 0. The van der Waals surface area contributed by atoms with Gasteiger partial charge in [0, 0.05) is 9.13 Å². The summed E-state index contributed by atoms with van der Waals surface area (Å²) >= 11 is 2.09. The van der Waals surface area contributed by atoms with E-state index >= 15 is 0 Å². The summed E-state index contributed by atoms with van der Waals surface area (Å²) in [7, 11) is 0. The number of halogens is 1. The summed E-state index contributed by atoms with van der Waals surface area (Å²) in [5.74, 6) is -0.0577. The Bertz CT molecular complexity index is 336. The minimum Gasteiger partial charge on any atom is -0.397 e. The van der Waals surface area contributed by atoms with Crippen molar-refractivity contribution in [2.75, 3.05) is 11.5 Å². The number of Topliss-reactive ketones (excluding diaryl/α,β-unsaturated/α-hetero) is 1. The topological polar surface area (TPSA) is 69.1 Å². The number of ketones is 1. The standard InChI is InChI=1S/C8H9IN2O/c1-4(12)6-2-5(9)3-7(10)8(6)11/h2-3H,10-11H2,1H3. The molecule has 1 rings (SSSR count). The lowest BCUT2D eigenvalue weighted by Gasteiger charge is -2.05. The van der Waals surface area contributed by atoms with Crippen molar-refractivity contribution < 1.29 is 4.79 Å². The summed E-state index contributed by atoms with van der Waals surface area (Å²) in [4.78, 5) is 11.0. The molecule has 0 spiro atoms. The largest absolute Gasteiger partial charge is 0.397 e. The lowest BCUT2D eigenvalue weighted by atomic mass is 10.1. The minimum absolute atomic E-state index is 0.0577. The Hall–Kier alpha value is -0.780. The first-order valence-electron chi connectivity index (χ1n) is 3.38. The van der Waals surface area contributed by atoms with Crippen molar-refractivity contribution in [1.82, 2.24) is 0 Å². The van der Waals surface area contributed by atoms with Crippen LogP contribution in [0.1, 0.15) is 17.3 Å². The molecule has 1 aromatic carbocycles. The van der Waals surface area contributed by atoms with Gasteiger partial charge in [0.25, 0.3) is 0 Å². The summed E-state index contributed by atoms with van der Waals surface area (Å²) in [5.41, 5.74) is 12.5. The van der Waals surface area contributed by atoms with Crippen LogP contribution < -0.4 is 11.5 Å². The zero-order valence-corrected chi connectivity index (χ0v) is 8.75. The number of benzene rings is 1. The fourth-order valence-corrected chi connectivity index (χ4v) is 1.58. The normalized spacial score (nSPS) is 9.83. The molecule has 0 atom stereocenters. The molecule has 0 heterocycles. The van der Waals surface area contributed by atoms with Crippen LogP contribution in [0.5, 0.6) is 0 Å². The molecule has 0 aliphatic heterocycles. The van der Waals surface area contributed by atoms with Gasteiger partial charge in [-0.3, -0.25) is 4.79 Å². The van der Waals surface area contributed by atoms with Gasteiger partial charge in [0.15, 0.2) is 5.78 Å². The van der Waals surface area contributed by atoms with E-state index in [4.69, 9.17) is 11.5 Å². The molecule has 64 valence electrons. The molecular weight excluding hydrogens is 267 g/mol. The molecule has 1 aromatic rings. The molecule has 0 aromatic heterocycles. The third-order valence-electron chi connectivity index (χ3n) is 1.56. The second kappa shape index (κ2) is 3.30. The molecule has 0 amide bonds. The molecule has 4 heteroatoms. The van der Waals surface area contributed by atoms with Crippen LogP contribution in [0.15, 0.2) is 12.1 Å². The smallest absolute Gasteiger partial charge is 0.161 e. The van der Waals surface area contributed by atoms with Crippen LogP contribution in [-0.2, 0) is 0 Å². The van der Waals surface area contributed by atoms with Gasteiger partial charge < -0.3 is 11.5 Å². The Balaban J connectivity index is 3.37. The van der Waals surface area contributed by atoms with Gasteiger partial charge in [-0.1, -0.05) is 0 Å². The van der Waals surface area contributed by atoms with Crippen molar-refractivity contribution in [1.29, 1.82) is 0 Å². The van der Waals surface area contributed by atoms with Crippen molar-refractivity contribution in [3.63, 3.8) is 0 Å². The van der Waals surface area contributed by atoms with Gasteiger partial charge in [0.2, 0.25) is 0 Å². The summed E-state index contributed by atoms with van der Waals surface area (Å²) in [6.45, 7) is 1.47. The van der Waals surface area contributed by atoms with E-state index in [9.17, 15) is 4.79 Å². The lowest BCUT2D eigenvalue weighted by Crippen LogP contribution is -2.04. The van der Waals surface area contributed by atoms with Crippen molar-refractivity contribution in [3.8, 4) is 0 Å². The van der Waals surface area contributed by atoms with Gasteiger partial charge in [-0.05, 0) is 41.6 Å². The molecule has 0 saturated heterocycles. The number of anilines is 2. The molecule has 0 fully saturated rings. The molecule has 4 N–H and O–H groups in total. The van der Waals surface area contributed by atoms with Crippen molar-refractivity contribution in [2.45, 2.75) is 6.92 Å². The first kappa shape index (κ1) is 9.31. The van der Waals surface area contributed by atoms with E-state index in [1.165, 1.54) is 6.92 Å². The van der Waals surface area contributed by atoms with Crippen molar-refractivity contribution in [2.24, 2.45) is 0 Å². The summed E-state index contributed by atoms with van der Waals surface area (Å²) in [6, 6.07) is 3.47. The number of hydrogen-bond donors (Lipinski definition) is 2. The van der Waals surface area contributed by atoms with E-state index in [0.29, 0.717) is 16.9 Å². The molecule has 0 aliphatic rings. The van der Waals surface area contributed by atoms with E-state index in [1.807, 2.05) is 0 Å². The maximum absolute atomic E-state index is 11.0. The van der Waals surface area contributed by atoms with E-state index in [1.54, 1.807) is 12.1 Å². The first-order chi connectivity index (χ1) is 5.52. The Labute approximate surface area is 84.3 Å². The van der Waals surface area contributed by atoms with Crippen LogP contribution in [0.4, 0.5) is 11.4 Å². The fourth-order valence-electron chi connectivity index (χ4n) is 0.930. The number of carbonyl (C=O) groups is 1. The third-order valence-corrected chi connectivity index (χ3v) is 2.18. The Morgan fingerprint density at radius 3 is 2.50 bits per heavy atom. The van der Waals surface area contributed by atoms with E-state index in [0.717, 1.165) is 3.57 Å². The van der Waals surface area contributed by atoms with Crippen LogP contribution in [0.2, 0.25) is 0 Å². The van der Waals surface area contributed by atoms with Crippen molar-refractivity contribution in [3.05, 3.63) is 21.3 Å². The average molecular weight is 276 g/mol. The molecule has 0 unspecified atom stereocenters. The monoisotopic (exact) mass is 276 g/mol. The van der Waals surface area contributed by atoms with Gasteiger partial charge in [0.05, 0.1) is 11.4 Å². The summed E-state index contributed by atoms with van der Waals surface area (Å²) in [5, 5.41) is 0. The molecule has 0 bridgehead atoms. The number of carbonyl (C=O) groups excluding carboxylic acids is 1. The fraction of sp³-hybridized carbons (Fsp3) is 0.125. The predicted octanol–water partition coefficient (Wildman–Crippen LogP) is 1.66. The second-order valence-electron chi connectivity index (χ2n) is 2.51. The van der Waals surface area contributed by atoms with Crippen molar-refractivity contribution >= 4 is 39.7 Å². The van der Waals surface area contributed by atoms with Gasteiger partial charge in [-0.2, -0.15) is 0 Å². The number of nitrogens with two attached hydrogens (primary N) is 2. The number of hydrogen-bond acceptors (Lipinski definition) is 3. The molecule has 12 heavy (non-hydrogen) atoms. The maximum Gasteiger partial charge on any atom is 0.161 e. The molecule has 0 radical (unpaired) electrons. The third kappa shape index (κ3) is 1.69. The first-order valence-corrected chi connectivity index (χ1v) is 4.45. The SMILES string of the molecule is CC(=O)c1cc(I)cc(N)c1N. The highest BCUT2D eigenvalue weighted by molar-refractivity contribution is 14.1. The van der Waals surface area contributed by atoms with Crippen LogP contribution in [0.25, 0.3) is 0 Å². The molecule has 0 aliphatic carbocycles. The van der Waals surface area contributed by atoms with Gasteiger partial charge in [-0.25, -0.2) is 0 Å². The predicted molar refractivity (Wildman–Crippen MR) is 58.0 cm³/mol. The van der Waals surface area contributed by atoms with Gasteiger partial charge in [-0.15, -0.1) is 0 Å². The molecule has 3 nitrogen and oxygen atoms in total. The summed E-state index contributed by atoms with van der Waals surface area (Å²) < 4.78 is 0.921. The van der Waals surface area contributed by atoms with Gasteiger partial charge in [0.1, 0.15) is 0 Å². The minimum atomic E-state index is -0.0577. The van der Waals surface area contributed by atoms with E-state index in [2.05, 4.69) is 22.6 Å². The zero-order valence-electron chi connectivity index (χ0n) is 6.60. The van der Waals surface area contributed by atoms with E-state index in [-0.39, 0.29) is 5.78 Å². The maximum atomic E-state index is 11.0. The average Bonchev–Trinajstić information content (AvgIpc) is 1.96. The Morgan fingerprint density at radius 2 is 2.00 bits per heavy atom. The van der Waals surface area contributed by atoms with E-state index < -0.39 is 0 Å². The molecule has 0 saturated carbocycles. The lowest BCUT2D eigenvalue weighted by molar-refractivity contribution is 0.101. The van der Waals surface area contributed by atoms with Crippen LogP contribution >= 0.6 is 22.6 Å². The van der Waals surface area contributed by atoms with Crippen LogP contribution in [-0.4, -0.2) is 5.78 Å². The zero-order chi connectivity index (χ0) is 9.30. The highest BCUT2D eigenvalue weighted by Gasteiger charge is 2.08. The number of nitrogen functional groups attached to an aromatic ring is 2. The highest BCUT2D eigenvalue weighted by atomic mass is 127. The quantitative estimate of drug-likeness (QED) is 0.465. The van der Waals surface area contributed by atoms with Gasteiger partial charge >= 0.3 is 0 Å². The Kier molecular flexibility index (Phi) is 2.56. The Morgan fingerprint density at radius 1 is 1.42 bits per heavy atom.